The quantitative estimate of drug-likeness (QED) is 0.788. The van der Waals surface area contributed by atoms with Crippen molar-refractivity contribution in [2.45, 2.75) is 19.1 Å². The van der Waals surface area contributed by atoms with Crippen LogP contribution in [0.25, 0.3) is 0 Å². The molecule has 0 aliphatic carbocycles. The van der Waals surface area contributed by atoms with Crippen molar-refractivity contribution >= 4 is 33.6 Å². The second-order valence-electron chi connectivity index (χ2n) is 4.41. The molecule has 1 atom stereocenters. The highest BCUT2D eigenvalue weighted by Crippen LogP contribution is 2.35. The predicted octanol–water partition coefficient (Wildman–Crippen LogP) is 4.29. The Morgan fingerprint density at radius 1 is 1.45 bits per heavy atom. The zero-order valence-electron chi connectivity index (χ0n) is 11.3. The summed E-state index contributed by atoms with van der Waals surface area (Å²) < 4.78 is 38.4. The second kappa shape index (κ2) is 6.85. The molecule has 0 radical (unpaired) electrons. The molecule has 7 heteroatoms. The molecule has 0 bridgehead atoms. The van der Waals surface area contributed by atoms with Crippen LogP contribution in [-0.4, -0.2) is 35.9 Å². The van der Waals surface area contributed by atoms with E-state index in [1.807, 2.05) is 13.2 Å². The Morgan fingerprint density at radius 3 is 2.55 bits per heavy atom. The predicted molar refractivity (Wildman–Crippen MR) is 79.1 cm³/mol. The van der Waals surface area contributed by atoms with Gasteiger partial charge in [-0.05, 0) is 31.4 Å². The fourth-order valence-corrected chi connectivity index (χ4v) is 2.81. The summed E-state index contributed by atoms with van der Waals surface area (Å²) in [4.78, 5) is 13.6. The van der Waals surface area contributed by atoms with Gasteiger partial charge in [0.15, 0.2) is 0 Å². The number of alkyl halides is 3. The lowest BCUT2D eigenvalue weighted by Crippen LogP contribution is -2.36. The minimum atomic E-state index is -4.49. The van der Waals surface area contributed by atoms with Crippen LogP contribution in [0.2, 0.25) is 0 Å². The number of benzene rings is 1. The van der Waals surface area contributed by atoms with E-state index in [2.05, 4.69) is 15.9 Å². The van der Waals surface area contributed by atoms with Gasteiger partial charge in [0.05, 0.1) is 5.56 Å². The highest BCUT2D eigenvalue weighted by Gasteiger charge is 2.34. The summed E-state index contributed by atoms with van der Waals surface area (Å²) in [6.07, 6.45) is -2.57. The number of thioether (sulfide) groups is 1. The largest absolute Gasteiger partial charge is 0.417 e. The van der Waals surface area contributed by atoms with Crippen molar-refractivity contribution in [1.29, 1.82) is 0 Å². The molecule has 0 saturated carbocycles. The molecule has 1 amide bonds. The summed E-state index contributed by atoms with van der Waals surface area (Å²) in [5.74, 6) is 0.315. The number of rotatable bonds is 4. The number of hydrogen-bond acceptors (Lipinski definition) is 2. The Morgan fingerprint density at radius 2 is 2.05 bits per heavy atom. The highest BCUT2D eigenvalue weighted by molar-refractivity contribution is 9.10. The molecule has 1 unspecified atom stereocenters. The van der Waals surface area contributed by atoms with E-state index in [0.717, 1.165) is 11.8 Å². The van der Waals surface area contributed by atoms with Gasteiger partial charge in [0, 0.05) is 28.9 Å². The van der Waals surface area contributed by atoms with Crippen molar-refractivity contribution < 1.29 is 18.0 Å². The van der Waals surface area contributed by atoms with Crippen LogP contribution in [-0.2, 0) is 6.18 Å². The fourth-order valence-electron chi connectivity index (χ4n) is 1.63. The number of carbonyl (C=O) groups is 1. The Labute approximate surface area is 128 Å². The third kappa shape index (κ3) is 4.15. The molecular weight excluding hydrogens is 355 g/mol. The second-order valence-corrected chi connectivity index (χ2v) is 6.18. The molecular formula is C13H15BrF3NOS. The van der Waals surface area contributed by atoms with E-state index >= 15 is 0 Å². The van der Waals surface area contributed by atoms with Gasteiger partial charge < -0.3 is 4.90 Å². The summed E-state index contributed by atoms with van der Waals surface area (Å²) in [5, 5.41) is 0. The molecule has 20 heavy (non-hydrogen) atoms. The van der Waals surface area contributed by atoms with E-state index in [1.54, 1.807) is 18.8 Å². The molecule has 1 rings (SSSR count). The van der Waals surface area contributed by atoms with Crippen molar-refractivity contribution in [2.24, 2.45) is 0 Å². The van der Waals surface area contributed by atoms with Crippen LogP contribution in [0, 0.1) is 0 Å². The third-order valence-corrected chi connectivity index (χ3v) is 4.42. The van der Waals surface area contributed by atoms with Gasteiger partial charge >= 0.3 is 6.18 Å². The first kappa shape index (κ1) is 17.4. The number of carbonyl (C=O) groups excluding carboxylic acids is 1. The molecule has 1 aromatic rings. The van der Waals surface area contributed by atoms with Crippen molar-refractivity contribution in [3.05, 3.63) is 33.8 Å². The molecule has 0 fully saturated rings. The molecule has 0 spiro atoms. The molecule has 0 saturated heterocycles. The van der Waals surface area contributed by atoms with Gasteiger partial charge in [-0.2, -0.15) is 24.9 Å². The Hall–Kier alpha value is -0.690. The monoisotopic (exact) mass is 369 g/mol. The highest BCUT2D eigenvalue weighted by atomic mass is 79.9. The lowest BCUT2D eigenvalue weighted by atomic mass is 10.1. The van der Waals surface area contributed by atoms with Gasteiger partial charge in [-0.3, -0.25) is 4.79 Å². The molecule has 0 heterocycles. The maximum Gasteiger partial charge on any atom is 0.417 e. The number of nitrogens with zero attached hydrogens (tertiary/aromatic N) is 1. The first-order valence-electron chi connectivity index (χ1n) is 5.81. The summed E-state index contributed by atoms with van der Waals surface area (Å²) in [5.41, 5.74) is -0.801. The first-order valence-corrected chi connectivity index (χ1v) is 8.00. The van der Waals surface area contributed by atoms with Crippen molar-refractivity contribution in [2.75, 3.05) is 19.1 Å². The lowest BCUT2D eigenvalue weighted by molar-refractivity contribution is -0.138. The Kier molecular flexibility index (Phi) is 5.94. The maximum absolute atomic E-state index is 12.8. The smallest absolute Gasteiger partial charge is 0.338 e. The van der Waals surface area contributed by atoms with Crippen LogP contribution in [0.1, 0.15) is 22.8 Å². The van der Waals surface area contributed by atoms with Gasteiger partial charge in [0.2, 0.25) is 0 Å². The SMILES string of the molecule is CSCC(C)N(C)C(=O)c1ccc(Br)c(C(F)(F)F)c1. The molecule has 0 N–H and O–H groups in total. The summed E-state index contributed by atoms with van der Waals surface area (Å²) in [6.45, 7) is 1.86. The van der Waals surface area contributed by atoms with Crippen LogP contribution in [0.5, 0.6) is 0 Å². The van der Waals surface area contributed by atoms with Crippen LogP contribution in [0.4, 0.5) is 13.2 Å². The molecule has 112 valence electrons. The minimum Gasteiger partial charge on any atom is -0.338 e. The minimum absolute atomic E-state index is 0.0379. The van der Waals surface area contributed by atoms with Crippen LogP contribution < -0.4 is 0 Å². The van der Waals surface area contributed by atoms with E-state index in [-0.39, 0.29) is 16.1 Å². The zero-order chi connectivity index (χ0) is 15.5. The lowest BCUT2D eigenvalue weighted by Gasteiger charge is -2.24. The zero-order valence-corrected chi connectivity index (χ0v) is 13.7. The van der Waals surface area contributed by atoms with Crippen LogP contribution in [0.3, 0.4) is 0 Å². The van der Waals surface area contributed by atoms with Crippen LogP contribution in [0.15, 0.2) is 22.7 Å². The summed E-state index contributed by atoms with van der Waals surface area (Å²) in [6, 6.07) is 3.48. The van der Waals surface area contributed by atoms with Crippen molar-refractivity contribution in [1.82, 2.24) is 4.90 Å². The fraction of sp³-hybridized carbons (Fsp3) is 0.462. The molecule has 0 aliphatic rings. The number of hydrogen-bond donors (Lipinski definition) is 0. The summed E-state index contributed by atoms with van der Waals surface area (Å²) >= 11 is 4.44. The van der Waals surface area contributed by atoms with Crippen LogP contribution >= 0.6 is 27.7 Å². The van der Waals surface area contributed by atoms with E-state index in [4.69, 9.17) is 0 Å². The van der Waals surface area contributed by atoms with Gasteiger partial charge in [-0.25, -0.2) is 0 Å². The number of halogens is 4. The van der Waals surface area contributed by atoms with E-state index in [9.17, 15) is 18.0 Å². The third-order valence-electron chi connectivity index (χ3n) is 2.91. The first-order chi connectivity index (χ1) is 9.18. The standard InChI is InChI=1S/C13H15BrF3NOS/c1-8(7-20-3)18(2)12(19)9-4-5-11(14)10(6-9)13(15,16)17/h4-6,8H,7H2,1-3H3. The normalized spacial score (nSPS) is 13.2. The number of amides is 1. The van der Waals surface area contributed by atoms with Crippen molar-refractivity contribution in [3.63, 3.8) is 0 Å². The van der Waals surface area contributed by atoms with E-state index < -0.39 is 17.6 Å². The topological polar surface area (TPSA) is 20.3 Å². The van der Waals surface area contributed by atoms with E-state index in [0.29, 0.717) is 0 Å². The van der Waals surface area contributed by atoms with Gasteiger partial charge in [-0.1, -0.05) is 15.9 Å². The average molecular weight is 370 g/mol. The van der Waals surface area contributed by atoms with Crippen molar-refractivity contribution in [3.8, 4) is 0 Å². The molecule has 0 aromatic heterocycles. The van der Waals surface area contributed by atoms with E-state index in [1.165, 1.54) is 17.0 Å². The average Bonchev–Trinajstić information content (AvgIpc) is 2.36. The summed E-state index contributed by atoms with van der Waals surface area (Å²) in [7, 11) is 1.60. The maximum atomic E-state index is 12.8. The van der Waals surface area contributed by atoms with Gasteiger partial charge in [-0.15, -0.1) is 0 Å². The Bertz CT molecular complexity index is 493. The Balaban J connectivity index is 3.06. The molecule has 1 aromatic carbocycles. The molecule has 0 aliphatic heterocycles. The molecule has 2 nitrogen and oxygen atoms in total. The van der Waals surface area contributed by atoms with Gasteiger partial charge in [0.1, 0.15) is 0 Å². The van der Waals surface area contributed by atoms with Gasteiger partial charge in [0.25, 0.3) is 5.91 Å².